The van der Waals surface area contributed by atoms with Gasteiger partial charge in [0.1, 0.15) is 0 Å². The van der Waals surface area contributed by atoms with E-state index in [0.29, 0.717) is 12.1 Å². The molecule has 0 radical (unpaired) electrons. The van der Waals surface area contributed by atoms with E-state index in [1.165, 1.54) is 32.1 Å². The van der Waals surface area contributed by atoms with E-state index in [-0.39, 0.29) is 12.4 Å². The number of rotatable bonds is 8. The standard InChI is InChI=1S/C13H29N.ClH/c1-6-8-12(4)14-13(5)10-7-9-11(2)3;/h11-14H,6-10H2,1-5H3;1H. The molecule has 0 aromatic carbocycles. The monoisotopic (exact) mass is 235 g/mol. The van der Waals surface area contributed by atoms with Gasteiger partial charge in [0.15, 0.2) is 0 Å². The minimum absolute atomic E-state index is 0. The summed E-state index contributed by atoms with van der Waals surface area (Å²) in [6, 6.07) is 1.38. The molecule has 2 unspecified atom stereocenters. The molecule has 1 N–H and O–H groups in total. The molecule has 15 heavy (non-hydrogen) atoms. The highest BCUT2D eigenvalue weighted by atomic mass is 35.5. The number of hydrogen-bond donors (Lipinski definition) is 1. The molecule has 0 aliphatic rings. The van der Waals surface area contributed by atoms with Gasteiger partial charge in [-0.2, -0.15) is 0 Å². The number of nitrogens with one attached hydrogen (secondary N) is 1. The maximum absolute atomic E-state index is 3.65. The Kier molecular flexibility index (Phi) is 12.6. The Morgan fingerprint density at radius 2 is 1.40 bits per heavy atom. The second kappa shape index (κ2) is 10.8. The zero-order valence-electron chi connectivity index (χ0n) is 11.2. The summed E-state index contributed by atoms with van der Waals surface area (Å²) in [5.74, 6) is 0.857. The van der Waals surface area contributed by atoms with Crippen LogP contribution in [0.5, 0.6) is 0 Å². The first-order valence-corrected chi connectivity index (χ1v) is 6.32. The topological polar surface area (TPSA) is 12.0 Å². The first kappa shape index (κ1) is 17.6. The molecule has 0 aromatic heterocycles. The average Bonchev–Trinajstić information content (AvgIpc) is 2.03. The summed E-state index contributed by atoms with van der Waals surface area (Å²) < 4.78 is 0. The fourth-order valence-corrected chi connectivity index (χ4v) is 1.92. The van der Waals surface area contributed by atoms with Crippen LogP contribution in [0.25, 0.3) is 0 Å². The molecule has 0 aromatic rings. The molecule has 0 saturated heterocycles. The highest BCUT2D eigenvalue weighted by molar-refractivity contribution is 5.85. The molecular formula is C13H30ClN. The van der Waals surface area contributed by atoms with Crippen molar-refractivity contribution < 1.29 is 0 Å². The van der Waals surface area contributed by atoms with Crippen LogP contribution in [-0.2, 0) is 0 Å². The molecule has 0 fully saturated rings. The normalized spacial score (nSPS) is 14.8. The summed E-state index contributed by atoms with van der Waals surface area (Å²) in [5.41, 5.74) is 0. The van der Waals surface area contributed by atoms with Gasteiger partial charge in [-0.25, -0.2) is 0 Å². The van der Waals surface area contributed by atoms with Crippen molar-refractivity contribution in [2.24, 2.45) is 5.92 Å². The van der Waals surface area contributed by atoms with Crippen LogP contribution in [0, 0.1) is 5.92 Å². The molecule has 0 aliphatic carbocycles. The molecule has 0 saturated carbocycles. The van der Waals surface area contributed by atoms with Crippen molar-refractivity contribution in [1.29, 1.82) is 0 Å². The fourth-order valence-electron chi connectivity index (χ4n) is 1.92. The van der Waals surface area contributed by atoms with E-state index in [0.717, 1.165) is 5.92 Å². The molecular weight excluding hydrogens is 206 g/mol. The lowest BCUT2D eigenvalue weighted by Gasteiger charge is -2.19. The van der Waals surface area contributed by atoms with Crippen LogP contribution in [0.3, 0.4) is 0 Å². The number of halogens is 1. The van der Waals surface area contributed by atoms with Crippen LogP contribution in [0.4, 0.5) is 0 Å². The van der Waals surface area contributed by atoms with Gasteiger partial charge >= 0.3 is 0 Å². The van der Waals surface area contributed by atoms with Gasteiger partial charge in [-0.05, 0) is 32.6 Å². The molecule has 2 heteroatoms. The van der Waals surface area contributed by atoms with Crippen LogP contribution >= 0.6 is 12.4 Å². The van der Waals surface area contributed by atoms with Gasteiger partial charge in [-0.3, -0.25) is 0 Å². The van der Waals surface area contributed by atoms with Crippen molar-refractivity contribution in [2.45, 2.75) is 78.8 Å². The van der Waals surface area contributed by atoms with Crippen molar-refractivity contribution in [3.05, 3.63) is 0 Å². The Balaban J connectivity index is 0. The predicted octanol–water partition coefficient (Wildman–Crippen LogP) is 4.40. The Hall–Kier alpha value is 0.250. The van der Waals surface area contributed by atoms with Gasteiger partial charge < -0.3 is 5.32 Å². The summed E-state index contributed by atoms with van der Waals surface area (Å²) >= 11 is 0. The molecule has 94 valence electrons. The molecule has 0 aliphatic heterocycles. The van der Waals surface area contributed by atoms with Crippen LogP contribution in [0.1, 0.15) is 66.7 Å². The Bertz CT molecular complexity index is 126. The quantitative estimate of drug-likeness (QED) is 0.658. The van der Waals surface area contributed by atoms with Gasteiger partial charge in [0.2, 0.25) is 0 Å². The van der Waals surface area contributed by atoms with E-state index in [9.17, 15) is 0 Å². The van der Waals surface area contributed by atoms with Crippen LogP contribution in [-0.4, -0.2) is 12.1 Å². The molecule has 1 nitrogen and oxygen atoms in total. The van der Waals surface area contributed by atoms with E-state index >= 15 is 0 Å². The highest BCUT2D eigenvalue weighted by Gasteiger charge is 2.06. The minimum Gasteiger partial charge on any atom is -0.312 e. The van der Waals surface area contributed by atoms with Crippen molar-refractivity contribution in [1.82, 2.24) is 5.32 Å². The first-order chi connectivity index (χ1) is 6.56. The van der Waals surface area contributed by atoms with E-state index in [1.54, 1.807) is 0 Å². The average molecular weight is 236 g/mol. The largest absolute Gasteiger partial charge is 0.312 e. The highest BCUT2D eigenvalue weighted by Crippen LogP contribution is 2.09. The van der Waals surface area contributed by atoms with Gasteiger partial charge in [0, 0.05) is 12.1 Å². The fraction of sp³-hybridized carbons (Fsp3) is 1.00. The third kappa shape index (κ3) is 12.2. The van der Waals surface area contributed by atoms with Crippen molar-refractivity contribution in [3.63, 3.8) is 0 Å². The minimum atomic E-state index is 0. The lowest BCUT2D eigenvalue weighted by atomic mass is 10.0. The second-order valence-corrected chi connectivity index (χ2v) is 5.08. The summed E-state index contributed by atoms with van der Waals surface area (Å²) in [7, 11) is 0. The Morgan fingerprint density at radius 1 is 0.867 bits per heavy atom. The van der Waals surface area contributed by atoms with E-state index < -0.39 is 0 Å². The van der Waals surface area contributed by atoms with E-state index in [1.807, 2.05) is 0 Å². The van der Waals surface area contributed by atoms with Crippen molar-refractivity contribution >= 4 is 12.4 Å². The van der Waals surface area contributed by atoms with Crippen LogP contribution < -0.4 is 5.32 Å². The van der Waals surface area contributed by atoms with Gasteiger partial charge in [-0.1, -0.05) is 40.0 Å². The Labute approximate surface area is 103 Å². The van der Waals surface area contributed by atoms with Gasteiger partial charge in [0.25, 0.3) is 0 Å². The summed E-state index contributed by atoms with van der Waals surface area (Å²) in [6.45, 7) is 11.5. The summed E-state index contributed by atoms with van der Waals surface area (Å²) in [5, 5.41) is 3.65. The molecule has 2 atom stereocenters. The lowest BCUT2D eigenvalue weighted by Crippen LogP contribution is -2.34. The maximum atomic E-state index is 3.65. The maximum Gasteiger partial charge on any atom is 0.00412 e. The van der Waals surface area contributed by atoms with Crippen LogP contribution in [0.2, 0.25) is 0 Å². The predicted molar refractivity (Wildman–Crippen MR) is 72.9 cm³/mol. The second-order valence-electron chi connectivity index (χ2n) is 5.08. The zero-order valence-corrected chi connectivity index (χ0v) is 12.0. The van der Waals surface area contributed by atoms with Gasteiger partial charge in [-0.15, -0.1) is 12.4 Å². The molecule has 0 bridgehead atoms. The van der Waals surface area contributed by atoms with E-state index in [4.69, 9.17) is 0 Å². The summed E-state index contributed by atoms with van der Waals surface area (Å²) in [6.07, 6.45) is 6.65. The third-order valence-electron chi connectivity index (χ3n) is 2.71. The molecule has 0 heterocycles. The number of hydrogen-bond acceptors (Lipinski definition) is 1. The smallest absolute Gasteiger partial charge is 0.00412 e. The third-order valence-corrected chi connectivity index (χ3v) is 2.71. The Morgan fingerprint density at radius 3 is 1.87 bits per heavy atom. The summed E-state index contributed by atoms with van der Waals surface area (Å²) in [4.78, 5) is 0. The lowest BCUT2D eigenvalue weighted by molar-refractivity contribution is 0.404. The van der Waals surface area contributed by atoms with Gasteiger partial charge in [0.05, 0.1) is 0 Å². The molecule has 0 spiro atoms. The molecule has 0 amide bonds. The van der Waals surface area contributed by atoms with E-state index in [2.05, 4.69) is 39.9 Å². The zero-order chi connectivity index (χ0) is 11.0. The van der Waals surface area contributed by atoms with Crippen molar-refractivity contribution in [3.8, 4) is 0 Å². The first-order valence-electron chi connectivity index (χ1n) is 6.32. The van der Waals surface area contributed by atoms with Crippen molar-refractivity contribution in [2.75, 3.05) is 0 Å². The van der Waals surface area contributed by atoms with Crippen LogP contribution in [0.15, 0.2) is 0 Å². The SMILES string of the molecule is CCCC(C)NC(C)CCCC(C)C.Cl. The molecule has 0 rings (SSSR count).